The first kappa shape index (κ1) is 21.7. The van der Waals surface area contributed by atoms with E-state index >= 15 is 0 Å². The number of halogens is 1. The highest BCUT2D eigenvalue weighted by molar-refractivity contribution is 7.13. The van der Waals surface area contributed by atoms with Crippen LogP contribution in [0.2, 0.25) is 0 Å². The Hall–Kier alpha value is -3.03. The molecule has 8 heteroatoms. The minimum atomic E-state index is -0.305. The van der Waals surface area contributed by atoms with E-state index in [-0.39, 0.29) is 23.7 Å². The molecule has 0 atom stereocenters. The van der Waals surface area contributed by atoms with E-state index in [9.17, 15) is 4.79 Å². The summed E-state index contributed by atoms with van der Waals surface area (Å²) in [5, 5.41) is 5.16. The molecule has 1 amide bonds. The molecule has 30 heavy (non-hydrogen) atoms. The van der Waals surface area contributed by atoms with Crippen LogP contribution in [0, 0.1) is 0 Å². The summed E-state index contributed by atoms with van der Waals surface area (Å²) in [4.78, 5) is 29.0. The second-order valence-electron chi connectivity index (χ2n) is 7.66. The maximum absolute atomic E-state index is 12.9. The molecular formula is C22H22ClN5OS. The number of amides is 1. The number of carbonyl (C=O) groups is 1. The van der Waals surface area contributed by atoms with Crippen LogP contribution in [0.1, 0.15) is 36.8 Å². The van der Waals surface area contributed by atoms with Gasteiger partial charge in [0.15, 0.2) is 10.8 Å². The molecule has 154 valence electrons. The van der Waals surface area contributed by atoms with Crippen molar-refractivity contribution in [3.8, 4) is 22.6 Å². The van der Waals surface area contributed by atoms with Crippen molar-refractivity contribution in [2.75, 3.05) is 5.32 Å². The lowest BCUT2D eigenvalue weighted by Crippen LogP contribution is -2.13. The Morgan fingerprint density at radius 1 is 1.00 bits per heavy atom. The van der Waals surface area contributed by atoms with Gasteiger partial charge in [-0.2, -0.15) is 0 Å². The molecule has 1 aromatic carbocycles. The lowest BCUT2D eigenvalue weighted by Gasteiger charge is -2.18. The van der Waals surface area contributed by atoms with Gasteiger partial charge in [-0.1, -0.05) is 45.0 Å². The highest BCUT2D eigenvalue weighted by Crippen LogP contribution is 2.29. The van der Waals surface area contributed by atoms with Crippen LogP contribution in [0.4, 0.5) is 5.13 Å². The lowest BCUT2D eigenvalue weighted by molar-refractivity contribution is 0.102. The van der Waals surface area contributed by atoms with E-state index in [1.165, 1.54) is 16.9 Å². The van der Waals surface area contributed by atoms with Gasteiger partial charge >= 0.3 is 0 Å². The van der Waals surface area contributed by atoms with Crippen molar-refractivity contribution in [1.82, 2.24) is 19.9 Å². The first-order valence-electron chi connectivity index (χ1n) is 9.24. The summed E-state index contributed by atoms with van der Waals surface area (Å²) in [6.07, 6.45) is 5.03. The van der Waals surface area contributed by atoms with Crippen LogP contribution in [0.25, 0.3) is 22.6 Å². The molecule has 0 aliphatic heterocycles. The molecule has 0 radical (unpaired) electrons. The number of H-pyrrole nitrogens is 1. The van der Waals surface area contributed by atoms with Crippen LogP contribution >= 0.6 is 23.7 Å². The Balaban J connectivity index is 0.00000256. The zero-order valence-electron chi connectivity index (χ0n) is 16.8. The average Bonchev–Trinajstić information content (AvgIpc) is 3.38. The van der Waals surface area contributed by atoms with Crippen LogP contribution in [-0.2, 0) is 5.41 Å². The van der Waals surface area contributed by atoms with Crippen molar-refractivity contribution in [1.29, 1.82) is 0 Å². The third-order valence-corrected chi connectivity index (χ3v) is 5.25. The smallest absolute Gasteiger partial charge is 0.278 e. The van der Waals surface area contributed by atoms with Gasteiger partial charge < -0.3 is 4.98 Å². The number of hydrogen-bond donors (Lipinski definition) is 2. The molecule has 0 spiro atoms. The number of aromatic nitrogens is 4. The molecule has 0 aliphatic carbocycles. The zero-order chi connectivity index (χ0) is 20.4. The van der Waals surface area contributed by atoms with Crippen LogP contribution in [0.3, 0.4) is 0 Å². The SMILES string of the molecule is CC(C)(C)c1ccc(-c2nc(C(=O)Nc3nccs3)c(-c3ccncc3)[nH]2)cc1.Cl. The number of rotatable bonds is 4. The molecule has 0 bridgehead atoms. The molecule has 4 rings (SSSR count). The van der Waals surface area contributed by atoms with Crippen molar-refractivity contribution >= 4 is 34.8 Å². The first-order valence-corrected chi connectivity index (χ1v) is 10.1. The molecule has 0 aliphatic rings. The van der Waals surface area contributed by atoms with Crippen molar-refractivity contribution in [2.24, 2.45) is 0 Å². The summed E-state index contributed by atoms with van der Waals surface area (Å²) in [6.45, 7) is 6.53. The van der Waals surface area contributed by atoms with Gasteiger partial charge in [0, 0.05) is 35.1 Å². The molecular weight excluding hydrogens is 418 g/mol. The van der Waals surface area contributed by atoms with E-state index in [1.54, 1.807) is 18.6 Å². The standard InChI is InChI=1S/C22H21N5OS.ClH/c1-22(2,3)16-6-4-15(5-7-16)19-25-17(14-8-10-23-11-9-14)18(26-19)20(28)27-21-24-12-13-29-21;/h4-13H,1-3H3,(H,25,26)(H,24,27,28);1H. The van der Waals surface area contributed by atoms with E-state index in [0.717, 1.165) is 11.1 Å². The molecule has 0 saturated carbocycles. The topological polar surface area (TPSA) is 83.6 Å². The largest absolute Gasteiger partial charge is 0.337 e. The van der Waals surface area contributed by atoms with Gasteiger partial charge in [0.25, 0.3) is 5.91 Å². The fourth-order valence-corrected chi connectivity index (χ4v) is 3.50. The van der Waals surface area contributed by atoms with Crippen LogP contribution in [-0.4, -0.2) is 25.8 Å². The lowest BCUT2D eigenvalue weighted by atomic mass is 9.87. The van der Waals surface area contributed by atoms with Crippen LogP contribution < -0.4 is 5.32 Å². The summed E-state index contributed by atoms with van der Waals surface area (Å²) in [7, 11) is 0. The van der Waals surface area contributed by atoms with Gasteiger partial charge in [-0.25, -0.2) is 9.97 Å². The Morgan fingerprint density at radius 3 is 2.30 bits per heavy atom. The van der Waals surface area contributed by atoms with E-state index < -0.39 is 0 Å². The van der Waals surface area contributed by atoms with E-state index in [4.69, 9.17) is 0 Å². The third kappa shape index (κ3) is 4.58. The number of thiazole rings is 1. The summed E-state index contributed by atoms with van der Waals surface area (Å²) >= 11 is 1.36. The number of nitrogens with one attached hydrogen (secondary N) is 2. The Morgan fingerprint density at radius 2 is 1.70 bits per heavy atom. The maximum Gasteiger partial charge on any atom is 0.278 e. The summed E-state index contributed by atoms with van der Waals surface area (Å²) < 4.78 is 0. The Labute approximate surface area is 185 Å². The molecule has 3 aromatic heterocycles. The Kier molecular flexibility index (Phi) is 6.34. The predicted molar refractivity (Wildman–Crippen MR) is 123 cm³/mol. The molecule has 0 unspecified atom stereocenters. The number of hydrogen-bond acceptors (Lipinski definition) is 5. The van der Waals surface area contributed by atoms with Crippen LogP contribution in [0.5, 0.6) is 0 Å². The fourth-order valence-electron chi connectivity index (χ4n) is 2.97. The number of nitrogens with zero attached hydrogens (tertiary/aromatic N) is 3. The number of imidazole rings is 1. The minimum Gasteiger partial charge on any atom is -0.337 e. The van der Waals surface area contributed by atoms with Gasteiger partial charge in [0.1, 0.15) is 5.82 Å². The van der Waals surface area contributed by atoms with E-state index in [0.29, 0.717) is 22.3 Å². The van der Waals surface area contributed by atoms with Gasteiger partial charge in [-0.15, -0.1) is 23.7 Å². The zero-order valence-corrected chi connectivity index (χ0v) is 18.5. The molecule has 3 heterocycles. The van der Waals surface area contributed by atoms with E-state index in [1.807, 2.05) is 29.6 Å². The molecule has 2 N–H and O–H groups in total. The number of benzene rings is 1. The van der Waals surface area contributed by atoms with Crippen molar-refractivity contribution < 1.29 is 4.79 Å². The number of pyridine rings is 1. The number of aromatic amines is 1. The van der Waals surface area contributed by atoms with Crippen molar-refractivity contribution in [2.45, 2.75) is 26.2 Å². The predicted octanol–water partition coefficient (Wildman–Crippen LogP) is 5.57. The summed E-state index contributed by atoms with van der Waals surface area (Å²) in [5.74, 6) is 0.335. The average molecular weight is 440 g/mol. The molecule has 6 nitrogen and oxygen atoms in total. The maximum atomic E-state index is 12.9. The van der Waals surface area contributed by atoms with Gasteiger partial charge in [-0.3, -0.25) is 15.1 Å². The highest BCUT2D eigenvalue weighted by atomic mass is 35.5. The minimum absolute atomic E-state index is 0. The fraction of sp³-hybridized carbons (Fsp3) is 0.182. The van der Waals surface area contributed by atoms with Gasteiger partial charge in [0.2, 0.25) is 0 Å². The number of carbonyl (C=O) groups excluding carboxylic acids is 1. The number of anilines is 1. The first-order chi connectivity index (χ1) is 13.9. The third-order valence-electron chi connectivity index (χ3n) is 4.57. The van der Waals surface area contributed by atoms with Crippen molar-refractivity contribution in [3.63, 3.8) is 0 Å². The summed E-state index contributed by atoms with van der Waals surface area (Å²) in [5.41, 5.74) is 4.04. The van der Waals surface area contributed by atoms with Gasteiger partial charge in [0.05, 0.1) is 5.69 Å². The second kappa shape index (κ2) is 8.77. The molecule has 0 saturated heterocycles. The monoisotopic (exact) mass is 439 g/mol. The second-order valence-corrected chi connectivity index (χ2v) is 8.56. The Bertz CT molecular complexity index is 1120. The summed E-state index contributed by atoms with van der Waals surface area (Å²) in [6, 6.07) is 11.9. The van der Waals surface area contributed by atoms with Crippen molar-refractivity contribution in [3.05, 3.63) is 71.6 Å². The quantitative estimate of drug-likeness (QED) is 0.435. The highest BCUT2D eigenvalue weighted by Gasteiger charge is 2.21. The normalized spacial score (nSPS) is 11.0. The molecule has 0 fully saturated rings. The van der Waals surface area contributed by atoms with Crippen LogP contribution in [0.15, 0.2) is 60.4 Å². The van der Waals surface area contributed by atoms with Gasteiger partial charge in [-0.05, 0) is 23.1 Å². The van der Waals surface area contributed by atoms with E-state index in [2.05, 4.69) is 58.2 Å². The molecule has 4 aromatic rings.